The van der Waals surface area contributed by atoms with Crippen molar-refractivity contribution in [2.75, 3.05) is 0 Å². The predicted octanol–water partition coefficient (Wildman–Crippen LogP) is 12.9. The van der Waals surface area contributed by atoms with Gasteiger partial charge in [0.1, 0.15) is 0 Å². The first kappa shape index (κ1) is 52.0. The molecule has 0 fully saturated rings. The van der Waals surface area contributed by atoms with Gasteiger partial charge in [-0.25, -0.2) is 9.97 Å². The van der Waals surface area contributed by atoms with Crippen LogP contribution in [0.3, 0.4) is 0 Å². The highest BCUT2D eigenvalue weighted by molar-refractivity contribution is 6.28. The maximum Gasteiger partial charge on any atom is 0.196 e. The number of hydrogen-bond donors (Lipinski definition) is 4. The first-order valence-electron chi connectivity index (χ1n) is 27.3. The molecule has 14 nitrogen and oxygen atoms in total. The topological polar surface area (TPSA) is 225 Å². The van der Waals surface area contributed by atoms with Gasteiger partial charge in [-0.15, -0.1) is 0 Å². The number of nitrogens with zero attached hydrogens (tertiary/aromatic N) is 2. The summed E-state index contributed by atoms with van der Waals surface area (Å²) in [6.45, 7) is 0. The van der Waals surface area contributed by atoms with E-state index in [0.717, 1.165) is 44.8 Å². The van der Waals surface area contributed by atoms with Gasteiger partial charge in [0.2, 0.25) is 0 Å². The Morgan fingerprint density at radius 3 is 0.872 bits per heavy atom. The maximum absolute atomic E-state index is 13.4. The predicted molar refractivity (Wildman–Crippen MR) is 339 cm³/mol. The monoisotopic (exact) mass is 1120 g/mol. The van der Waals surface area contributed by atoms with Gasteiger partial charge in [-0.1, -0.05) is 121 Å². The molecule has 0 unspecified atom stereocenters. The highest BCUT2D eigenvalue weighted by atomic mass is 16.2. The van der Waals surface area contributed by atoms with Crippen molar-refractivity contribution in [3.63, 3.8) is 0 Å². The molecular weight excluding hydrogens is 1080 g/mol. The van der Waals surface area contributed by atoms with Crippen LogP contribution in [0.25, 0.3) is 112 Å². The summed E-state index contributed by atoms with van der Waals surface area (Å²) >= 11 is 0. The van der Waals surface area contributed by atoms with Gasteiger partial charge in [-0.05, 0) is 109 Å². The fourth-order valence-electron chi connectivity index (χ4n) is 11.3. The lowest BCUT2D eigenvalue weighted by atomic mass is 9.84. The third-order valence-corrected chi connectivity index (χ3v) is 15.4. The molecular formula is C72H42N6O8. The number of carbonyl (C=O) groups is 4. The molecule has 9 aromatic carbocycles. The van der Waals surface area contributed by atoms with Crippen molar-refractivity contribution in [3.05, 3.63) is 303 Å². The second kappa shape index (κ2) is 21.0. The Labute approximate surface area is 484 Å². The lowest BCUT2D eigenvalue weighted by Crippen LogP contribution is -2.20. The average Bonchev–Trinajstić information content (AvgIpc) is 1.00. The lowest BCUT2D eigenvalue weighted by Gasteiger charge is -2.16. The minimum Gasteiger partial charge on any atom is -0.355 e. The van der Waals surface area contributed by atoms with Crippen LogP contribution < -0.4 is 21.7 Å². The minimum atomic E-state index is -0.238. The molecule has 4 aliphatic rings. The second-order valence-corrected chi connectivity index (χ2v) is 20.7. The molecule has 2 aliphatic carbocycles. The van der Waals surface area contributed by atoms with Gasteiger partial charge in [-0.2, -0.15) is 0 Å². The molecule has 0 saturated heterocycles. The van der Waals surface area contributed by atoms with E-state index in [9.17, 15) is 38.4 Å². The fraction of sp³-hybridized carbons (Fsp3) is 0. The number of carbonyl (C=O) groups excluding carboxylic acids is 4. The second-order valence-electron chi connectivity index (χ2n) is 20.7. The Kier molecular flexibility index (Phi) is 12.7. The number of benzene rings is 9. The largest absolute Gasteiger partial charge is 0.355 e. The van der Waals surface area contributed by atoms with E-state index in [2.05, 4.69) is 54.2 Å². The average molecular weight is 1120 g/mol. The van der Waals surface area contributed by atoms with Crippen LogP contribution in [0.15, 0.2) is 225 Å². The number of hydrogen-bond acceptors (Lipinski definition) is 10. The molecule has 8 bridgehead atoms. The lowest BCUT2D eigenvalue weighted by molar-refractivity contribution is 0.0979. The van der Waals surface area contributed by atoms with Crippen LogP contribution in [0.1, 0.15) is 75.3 Å². The molecule has 6 heterocycles. The summed E-state index contributed by atoms with van der Waals surface area (Å²) in [6.07, 6.45) is 10.7. The summed E-state index contributed by atoms with van der Waals surface area (Å²) in [4.78, 5) is 122. The molecule has 0 spiro atoms. The van der Waals surface area contributed by atoms with E-state index in [1.54, 1.807) is 146 Å². The molecule has 13 aromatic rings. The standard InChI is InChI=1S/C28H14N2O4.C20H14N4.C14H8O2.C10H6O2/c31-25-13-5-1-3-7-15(13)27(33)21-17(25)9-11-19-23(21)29-20-12-10-18-22(24(20)30-19)28(34)16-8-4-2-6-14(16)26(18)32;1-2-14-10-16-5-6-18(23-16)12-20-8-7-19(24-20)11-17-4-3-15(22-17)9-13(1)21-14;15-13-9-5-1-2-6-10(9)14(16)12-8-4-3-7-11(12)13;11-9-5-6-10(12)8-4-2-1-3-7(8)9/h1-12,29-30H;1-12,21,24H;1-8H;1-6H. The number of rotatable bonds is 0. The summed E-state index contributed by atoms with van der Waals surface area (Å²) < 4.78 is 0. The summed E-state index contributed by atoms with van der Waals surface area (Å²) in [7, 11) is 0. The fourth-order valence-corrected chi connectivity index (χ4v) is 11.3. The first-order chi connectivity index (χ1) is 41.9. The normalized spacial score (nSPS) is 12.8. The van der Waals surface area contributed by atoms with Crippen molar-refractivity contribution in [3.8, 4) is 0 Å². The zero-order valence-corrected chi connectivity index (χ0v) is 45.1. The Morgan fingerprint density at radius 2 is 0.547 bits per heavy atom. The Bertz CT molecular complexity index is 5210. The molecule has 4 aromatic heterocycles. The van der Waals surface area contributed by atoms with Gasteiger partial charge >= 0.3 is 0 Å². The highest BCUT2D eigenvalue weighted by Gasteiger charge is 2.28. The number of aromatic amines is 4. The zero-order chi connectivity index (χ0) is 58.7. The van der Waals surface area contributed by atoms with Gasteiger partial charge in [0.25, 0.3) is 0 Å². The SMILES string of the molecule is C1=Cc2cc3ccc(cc4nc(cc5ccc(cc1n2)[nH]5)C=C4)[nH]3.O=C1C=CC(=O)c2ccccc21.O=C1c2ccccc2C(=O)c2ccccc21.O=c1c2ccccc2c(=O)c2c1ccc1[nH]c3c(ccc4c(=O)c5ccccc5c(=O)c43)[nH]c12. The van der Waals surface area contributed by atoms with E-state index >= 15 is 0 Å². The van der Waals surface area contributed by atoms with Crippen LogP contribution >= 0.6 is 0 Å². The van der Waals surface area contributed by atoms with Crippen molar-refractivity contribution >= 4 is 135 Å². The summed E-state index contributed by atoms with van der Waals surface area (Å²) in [5, 5.41) is 2.76. The summed E-state index contributed by atoms with van der Waals surface area (Å²) in [6, 6.07) is 57.4. The van der Waals surface area contributed by atoms with E-state index < -0.39 is 0 Å². The molecule has 0 radical (unpaired) electrons. The molecule has 2 aliphatic heterocycles. The molecule has 14 heteroatoms. The quantitative estimate of drug-likeness (QED) is 0.0830. The Morgan fingerprint density at radius 1 is 0.256 bits per heavy atom. The van der Waals surface area contributed by atoms with E-state index in [0.29, 0.717) is 98.5 Å². The number of ketones is 4. The van der Waals surface area contributed by atoms with E-state index in [1.165, 1.54) is 12.2 Å². The third kappa shape index (κ3) is 9.21. The highest BCUT2D eigenvalue weighted by Crippen LogP contribution is 2.29. The maximum atomic E-state index is 13.4. The van der Waals surface area contributed by atoms with Crippen molar-refractivity contribution in [2.45, 2.75) is 0 Å². The van der Waals surface area contributed by atoms with Crippen molar-refractivity contribution in [1.29, 1.82) is 0 Å². The molecule has 0 atom stereocenters. The Balaban J connectivity index is 0.000000109. The molecule has 17 rings (SSSR count). The number of fused-ring (bicyclic) bond motifs is 19. The summed E-state index contributed by atoms with van der Waals surface area (Å²) in [5.41, 5.74) is 12.1. The molecule has 4 N–H and O–H groups in total. The van der Waals surface area contributed by atoms with Crippen molar-refractivity contribution < 1.29 is 19.2 Å². The van der Waals surface area contributed by atoms with E-state index in [4.69, 9.17) is 0 Å². The van der Waals surface area contributed by atoms with Crippen LogP contribution in [-0.4, -0.2) is 53.0 Å². The zero-order valence-electron chi connectivity index (χ0n) is 45.1. The van der Waals surface area contributed by atoms with Crippen LogP contribution in [-0.2, 0) is 0 Å². The van der Waals surface area contributed by atoms with Gasteiger partial charge in [0, 0.05) is 87.8 Å². The number of H-pyrrole nitrogens is 4. The van der Waals surface area contributed by atoms with Crippen molar-refractivity contribution in [2.24, 2.45) is 0 Å². The van der Waals surface area contributed by atoms with Gasteiger partial charge in [0.05, 0.1) is 55.6 Å². The van der Waals surface area contributed by atoms with Crippen molar-refractivity contribution in [1.82, 2.24) is 29.9 Å². The number of nitrogens with one attached hydrogen (secondary N) is 4. The van der Waals surface area contributed by atoms with Crippen LogP contribution in [0.5, 0.6) is 0 Å². The van der Waals surface area contributed by atoms with E-state index in [1.807, 2.05) is 48.6 Å². The summed E-state index contributed by atoms with van der Waals surface area (Å²) in [5.74, 6) is -0.313. The molecule has 86 heavy (non-hydrogen) atoms. The first-order valence-corrected chi connectivity index (χ1v) is 27.3. The number of allylic oxidation sites excluding steroid dienone is 2. The van der Waals surface area contributed by atoms with Gasteiger partial charge < -0.3 is 19.9 Å². The van der Waals surface area contributed by atoms with Crippen LogP contribution in [0.2, 0.25) is 0 Å². The van der Waals surface area contributed by atoms with Crippen LogP contribution in [0, 0.1) is 0 Å². The van der Waals surface area contributed by atoms with Gasteiger partial charge in [-0.3, -0.25) is 38.4 Å². The smallest absolute Gasteiger partial charge is 0.196 e. The molecule has 0 saturated carbocycles. The minimum absolute atomic E-state index is 0.0641. The Hall–Kier alpha value is -12.2. The van der Waals surface area contributed by atoms with Gasteiger partial charge in [0.15, 0.2) is 44.8 Å². The van der Waals surface area contributed by atoms with Crippen LogP contribution in [0.4, 0.5) is 0 Å². The molecule has 408 valence electrons. The molecule has 0 amide bonds. The third-order valence-electron chi connectivity index (χ3n) is 15.4. The number of aromatic nitrogens is 6. The van der Waals surface area contributed by atoms with E-state index in [-0.39, 0.29) is 44.8 Å².